The van der Waals surface area contributed by atoms with E-state index < -0.39 is 0 Å². The molecule has 116 valence electrons. The number of aliphatic hydroxyl groups excluding tert-OH is 1. The molecule has 0 spiro atoms. The first-order valence-corrected chi connectivity index (χ1v) is 7.72. The maximum absolute atomic E-state index is 12.0. The van der Waals surface area contributed by atoms with Crippen LogP contribution in [0.1, 0.15) is 12.0 Å². The lowest BCUT2D eigenvalue weighted by molar-refractivity contribution is -0.121. The van der Waals surface area contributed by atoms with E-state index in [2.05, 4.69) is 15.6 Å². The van der Waals surface area contributed by atoms with Gasteiger partial charge in [-0.3, -0.25) is 9.78 Å². The molecule has 3 N–H and O–H groups in total. The molecule has 0 aliphatic carbocycles. The van der Waals surface area contributed by atoms with Crippen LogP contribution in [0.5, 0.6) is 0 Å². The third-order valence-corrected chi connectivity index (χ3v) is 4.23. The molecule has 1 aliphatic heterocycles. The largest absolute Gasteiger partial charge is 0.391 e. The highest BCUT2D eigenvalue weighted by Gasteiger charge is 2.24. The molecule has 1 saturated heterocycles. The van der Waals surface area contributed by atoms with Crippen molar-refractivity contribution < 1.29 is 9.90 Å². The number of nitrogens with zero attached hydrogens (tertiary/aromatic N) is 1. The van der Waals surface area contributed by atoms with Crippen LogP contribution in [0.2, 0.25) is 0 Å². The summed E-state index contributed by atoms with van der Waals surface area (Å²) in [6, 6.07) is 9.94. The Morgan fingerprint density at radius 1 is 1.32 bits per heavy atom. The summed E-state index contributed by atoms with van der Waals surface area (Å²) in [5.41, 5.74) is 2.10. The smallest absolute Gasteiger partial charge is 0.220 e. The quantitative estimate of drug-likeness (QED) is 0.766. The van der Waals surface area contributed by atoms with Crippen LogP contribution in [0.3, 0.4) is 0 Å². The number of benzene rings is 1. The van der Waals surface area contributed by atoms with Gasteiger partial charge in [0, 0.05) is 43.6 Å². The minimum atomic E-state index is -0.357. The Hall–Kier alpha value is -1.98. The van der Waals surface area contributed by atoms with E-state index in [1.54, 1.807) is 6.20 Å². The molecule has 1 fully saturated rings. The van der Waals surface area contributed by atoms with Crippen LogP contribution < -0.4 is 10.6 Å². The SMILES string of the molecule is O=C(CCc1ccnc2ccccc12)NCC1CNCC1O. The molecule has 5 heteroatoms. The first-order valence-electron chi connectivity index (χ1n) is 7.72. The van der Waals surface area contributed by atoms with Crippen LogP contribution in [0, 0.1) is 5.92 Å². The molecule has 1 amide bonds. The van der Waals surface area contributed by atoms with Crippen molar-refractivity contribution in [2.45, 2.75) is 18.9 Å². The third-order valence-electron chi connectivity index (χ3n) is 4.23. The standard InChI is InChI=1S/C17H21N3O2/c21-16-11-18-9-13(16)10-20-17(22)6-5-12-7-8-19-15-4-2-1-3-14(12)15/h1-4,7-8,13,16,18,21H,5-6,9-11H2,(H,20,22). The predicted molar refractivity (Wildman–Crippen MR) is 85.4 cm³/mol. The first-order chi connectivity index (χ1) is 10.7. The normalized spacial score (nSPS) is 21.1. The van der Waals surface area contributed by atoms with Gasteiger partial charge in [0.25, 0.3) is 0 Å². The number of amides is 1. The number of carbonyl (C=O) groups excluding carboxylic acids is 1. The summed E-state index contributed by atoms with van der Waals surface area (Å²) >= 11 is 0. The van der Waals surface area contributed by atoms with Gasteiger partial charge in [-0.25, -0.2) is 0 Å². The van der Waals surface area contributed by atoms with E-state index in [1.165, 1.54) is 0 Å². The van der Waals surface area contributed by atoms with Gasteiger partial charge in [0.15, 0.2) is 0 Å². The number of hydrogen-bond donors (Lipinski definition) is 3. The third kappa shape index (κ3) is 3.43. The number of aliphatic hydroxyl groups is 1. The van der Waals surface area contributed by atoms with Gasteiger partial charge in [-0.1, -0.05) is 18.2 Å². The molecule has 1 aromatic carbocycles. The summed E-state index contributed by atoms with van der Waals surface area (Å²) in [7, 11) is 0. The number of pyridine rings is 1. The van der Waals surface area contributed by atoms with Crippen LogP contribution in [-0.4, -0.2) is 41.7 Å². The van der Waals surface area contributed by atoms with Gasteiger partial charge in [0.1, 0.15) is 0 Å². The monoisotopic (exact) mass is 299 g/mol. The Bertz CT molecular complexity index is 654. The number of fused-ring (bicyclic) bond motifs is 1. The Labute approximate surface area is 129 Å². The van der Waals surface area contributed by atoms with Gasteiger partial charge >= 0.3 is 0 Å². The van der Waals surface area contributed by atoms with Crippen molar-refractivity contribution in [2.75, 3.05) is 19.6 Å². The average molecular weight is 299 g/mol. The number of hydrogen-bond acceptors (Lipinski definition) is 4. The van der Waals surface area contributed by atoms with Gasteiger partial charge in [-0.15, -0.1) is 0 Å². The number of para-hydroxylation sites is 1. The Morgan fingerprint density at radius 2 is 2.18 bits per heavy atom. The molecule has 0 bridgehead atoms. The summed E-state index contributed by atoms with van der Waals surface area (Å²) in [6.07, 6.45) is 2.57. The number of carbonyl (C=O) groups is 1. The van der Waals surface area contributed by atoms with Crippen molar-refractivity contribution in [3.05, 3.63) is 42.1 Å². The van der Waals surface area contributed by atoms with E-state index in [0.717, 1.165) is 23.0 Å². The number of aryl methyl sites for hydroxylation is 1. The molecule has 1 aliphatic rings. The Morgan fingerprint density at radius 3 is 3.00 bits per heavy atom. The maximum Gasteiger partial charge on any atom is 0.220 e. The van der Waals surface area contributed by atoms with Crippen molar-refractivity contribution in [2.24, 2.45) is 5.92 Å². The van der Waals surface area contributed by atoms with E-state index in [9.17, 15) is 9.90 Å². The van der Waals surface area contributed by atoms with Crippen LogP contribution in [0.15, 0.2) is 36.5 Å². The van der Waals surface area contributed by atoms with Crippen molar-refractivity contribution in [1.82, 2.24) is 15.6 Å². The van der Waals surface area contributed by atoms with E-state index >= 15 is 0 Å². The van der Waals surface area contributed by atoms with Gasteiger partial charge in [0.2, 0.25) is 5.91 Å². The lowest BCUT2D eigenvalue weighted by atomic mass is 10.0. The molecule has 5 nitrogen and oxygen atoms in total. The molecule has 2 unspecified atom stereocenters. The van der Waals surface area contributed by atoms with Crippen molar-refractivity contribution in [3.63, 3.8) is 0 Å². The predicted octanol–water partition coefficient (Wildman–Crippen LogP) is 0.864. The molecule has 2 aromatic rings. The molecule has 2 heterocycles. The fourth-order valence-corrected chi connectivity index (χ4v) is 2.88. The van der Waals surface area contributed by atoms with Gasteiger partial charge in [0.05, 0.1) is 11.6 Å². The number of β-amino-alcohol motifs (C(OH)–C–C–N with tert-alkyl or cyclic N) is 1. The zero-order valence-corrected chi connectivity index (χ0v) is 12.5. The number of nitrogens with one attached hydrogen (secondary N) is 2. The summed E-state index contributed by atoms with van der Waals surface area (Å²) in [5, 5.41) is 16.8. The maximum atomic E-state index is 12.0. The fourth-order valence-electron chi connectivity index (χ4n) is 2.88. The topological polar surface area (TPSA) is 74.2 Å². The molecular weight excluding hydrogens is 278 g/mol. The lowest BCUT2D eigenvalue weighted by Gasteiger charge is -2.14. The minimum absolute atomic E-state index is 0.0278. The summed E-state index contributed by atoms with van der Waals surface area (Å²) in [6.45, 7) is 1.91. The van der Waals surface area contributed by atoms with Crippen LogP contribution in [0.4, 0.5) is 0 Å². The molecule has 0 radical (unpaired) electrons. The highest BCUT2D eigenvalue weighted by Crippen LogP contribution is 2.17. The zero-order valence-electron chi connectivity index (χ0n) is 12.5. The molecule has 0 saturated carbocycles. The molecule has 1 aromatic heterocycles. The summed E-state index contributed by atoms with van der Waals surface area (Å²) < 4.78 is 0. The molecule has 2 atom stereocenters. The minimum Gasteiger partial charge on any atom is -0.391 e. The van der Waals surface area contributed by atoms with Crippen molar-refractivity contribution >= 4 is 16.8 Å². The zero-order chi connectivity index (χ0) is 15.4. The fraction of sp³-hybridized carbons (Fsp3) is 0.412. The number of rotatable bonds is 5. The summed E-state index contributed by atoms with van der Waals surface area (Å²) in [4.78, 5) is 16.3. The lowest BCUT2D eigenvalue weighted by Crippen LogP contribution is -2.34. The number of aromatic nitrogens is 1. The van der Waals surface area contributed by atoms with Gasteiger partial charge < -0.3 is 15.7 Å². The van der Waals surface area contributed by atoms with Gasteiger partial charge in [-0.05, 0) is 24.1 Å². The highest BCUT2D eigenvalue weighted by atomic mass is 16.3. The second-order valence-corrected chi connectivity index (χ2v) is 5.78. The second kappa shape index (κ2) is 6.85. The van der Waals surface area contributed by atoms with Gasteiger partial charge in [-0.2, -0.15) is 0 Å². The first kappa shape index (κ1) is 14.9. The molecular formula is C17H21N3O2. The van der Waals surface area contributed by atoms with E-state index in [0.29, 0.717) is 25.9 Å². The Kier molecular flexibility index (Phi) is 4.65. The van der Waals surface area contributed by atoms with E-state index in [1.807, 2.05) is 30.3 Å². The second-order valence-electron chi connectivity index (χ2n) is 5.78. The molecule has 22 heavy (non-hydrogen) atoms. The van der Waals surface area contributed by atoms with E-state index in [-0.39, 0.29) is 17.9 Å². The Balaban J connectivity index is 1.54. The van der Waals surface area contributed by atoms with E-state index in [4.69, 9.17) is 0 Å². The van der Waals surface area contributed by atoms with Crippen LogP contribution in [0.25, 0.3) is 10.9 Å². The van der Waals surface area contributed by atoms with Crippen molar-refractivity contribution in [1.29, 1.82) is 0 Å². The molecule has 3 rings (SSSR count). The average Bonchev–Trinajstić information content (AvgIpc) is 2.96. The van der Waals surface area contributed by atoms with Crippen LogP contribution >= 0.6 is 0 Å². The van der Waals surface area contributed by atoms with Crippen molar-refractivity contribution in [3.8, 4) is 0 Å². The highest BCUT2D eigenvalue weighted by molar-refractivity contribution is 5.83. The van der Waals surface area contributed by atoms with Crippen LogP contribution in [-0.2, 0) is 11.2 Å². The summed E-state index contributed by atoms with van der Waals surface area (Å²) in [5.74, 6) is 0.144.